The van der Waals surface area contributed by atoms with Crippen LogP contribution >= 0.6 is 11.6 Å². The van der Waals surface area contributed by atoms with Crippen LogP contribution in [0.2, 0.25) is 5.02 Å². The lowest BCUT2D eigenvalue weighted by Gasteiger charge is -2.29. The molecule has 188 valence electrons. The topological polar surface area (TPSA) is 65.9 Å². The number of allylic oxidation sites excluding steroid dienone is 1. The molecule has 1 fully saturated rings. The predicted molar refractivity (Wildman–Crippen MR) is 144 cm³/mol. The van der Waals surface area contributed by atoms with Crippen molar-refractivity contribution in [3.8, 4) is 11.1 Å². The van der Waals surface area contributed by atoms with Crippen molar-refractivity contribution in [2.24, 2.45) is 4.99 Å². The zero-order valence-electron chi connectivity index (χ0n) is 20.6. The molecule has 4 rings (SSSR count). The van der Waals surface area contributed by atoms with Crippen LogP contribution in [0.25, 0.3) is 22.9 Å². The van der Waals surface area contributed by atoms with Crippen LogP contribution in [-0.2, 0) is 4.74 Å². The summed E-state index contributed by atoms with van der Waals surface area (Å²) in [5, 5.41) is 0.520. The van der Waals surface area contributed by atoms with E-state index < -0.39 is 5.82 Å². The molecule has 1 aliphatic rings. The largest absolute Gasteiger partial charge is 0.382 e. The summed E-state index contributed by atoms with van der Waals surface area (Å²) in [4.78, 5) is 24.4. The highest BCUT2D eigenvalue weighted by atomic mass is 35.5. The number of aromatic amines is 1. The maximum absolute atomic E-state index is 15.7. The summed E-state index contributed by atoms with van der Waals surface area (Å²) in [7, 11) is 3.67. The second kappa shape index (κ2) is 11.0. The van der Waals surface area contributed by atoms with Gasteiger partial charge in [0.25, 0.3) is 5.56 Å². The third kappa shape index (κ3) is 5.45. The lowest BCUT2D eigenvalue weighted by atomic mass is 10.0. The highest BCUT2D eigenvalue weighted by Crippen LogP contribution is 2.34. The summed E-state index contributed by atoms with van der Waals surface area (Å²) >= 11 is 6.18. The average Bonchev–Trinajstić information content (AvgIpc) is 3.26. The molecule has 0 aliphatic carbocycles. The summed E-state index contributed by atoms with van der Waals surface area (Å²) in [6.45, 7) is 8.48. The zero-order valence-corrected chi connectivity index (χ0v) is 21.3. The van der Waals surface area contributed by atoms with Gasteiger partial charge in [-0.1, -0.05) is 23.7 Å². The number of morpholine rings is 1. The van der Waals surface area contributed by atoms with Crippen molar-refractivity contribution in [3.05, 3.63) is 86.9 Å². The normalized spacial score (nSPS) is 14.8. The predicted octanol–water partition coefficient (Wildman–Crippen LogP) is 5.07. The number of hydrogen-bond acceptors (Lipinski definition) is 5. The molecule has 3 heterocycles. The molecule has 1 saturated heterocycles. The van der Waals surface area contributed by atoms with Crippen LogP contribution in [0.3, 0.4) is 0 Å². The van der Waals surface area contributed by atoms with Gasteiger partial charge in [0.2, 0.25) is 0 Å². The van der Waals surface area contributed by atoms with Crippen LogP contribution in [-0.4, -0.2) is 66.5 Å². The van der Waals surface area contributed by atoms with Gasteiger partial charge in [-0.15, -0.1) is 0 Å². The van der Waals surface area contributed by atoms with E-state index in [-0.39, 0.29) is 11.1 Å². The Labute approximate surface area is 214 Å². The Morgan fingerprint density at radius 2 is 2.00 bits per heavy atom. The Kier molecular flexibility index (Phi) is 7.76. The summed E-state index contributed by atoms with van der Waals surface area (Å²) in [5.41, 5.74) is 3.19. The fourth-order valence-electron chi connectivity index (χ4n) is 4.21. The lowest BCUT2D eigenvalue weighted by molar-refractivity contribution is 0.0542. The smallest absolute Gasteiger partial charge is 0.255 e. The van der Waals surface area contributed by atoms with Gasteiger partial charge in [0.15, 0.2) is 0 Å². The summed E-state index contributed by atoms with van der Waals surface area (Å²) < 4.78 is 22.4. The van der Waals surface area contributed by atoms with E-state index in [0.29, 0.717) is 46.4 Å². The standard InChI is InChI=1S/C27H29ClFN5O2/c1-18(33-8-10-36-11-9-33)12-22-23(15-31-27(22)30-2)21-14-26(35)34(16-24(21)29)25(17-32(3)4)19-6-5-7-20(28)13-19/h5-7,12-17,31H,2,8-11H2,1,3-4H3/b18-12+,25-17-. The summed E-state index contributed by atoms with van der Waals surface area (Å²) in [6.07, 6.45) is 6.56. The molecule has 0 radical (unpaired) electrons. The van der Waals surface area contributed by atoms with Gasteiger partial charge in [-0.05, 0) is 31.9 Å². The van der Waals surface area contributed by atoms with Crippen molar-refractivity contribution in [1.82, 2.24) is 19.4 Å². The molecular formula is C27H29ClFN5O2. The summed E-state index contributed by atoms with van der Waals surface area (Å²) in [5.74, 6) is -0.0390. The monoisotopic (exact) mass is 509 g/mol. The maximum Gasteiger partial charge on any atom is 0.255 e. The number of pyridine rings is 1. The van der Waals surface area contributed by atoms with Crippen LogP contribution in [0.4, 0.5) is 10.2 Å². The van der Waals surface area contributed by atoms with Crippen LogP contribution in [0.1, 0.15) is 18.1 Å². The fourth-order valence-corrected chi connectivity index (χ4v) is 4.40. The van der Waals surface area contributed by atoms with Gasteiger partial charge in [0.1, 0.15) is 11.6 Å². The van der Waals surface area contributed by atoms with E-state index in [1.54, 1.807) is 35.5 Å². The van der Waals surface area contributed by atoms with E-state index in [1.807, 2.05) is 33.2 Å². The van der Waals surface area contributed by atoms with Crippen molar-refractivity contribution in [2.45, 2.75) is 6.92 Å². The molecule has 0 unspecified atom stereocenters. The molecule has 0 spiro atoms. The SMILES string of the molecule is C=Nc1[nH]cc(-c2cc(=O)n(/C(=C\N(C)C)c3cccc(Cl)c3)cc2F)c1/C=C(\C)N1CCOCC1. The molecule has 0 saturated carbocycles. The number of H-pyrrole nitrogens is 1. The number of nitrogens with one attached hydrogen (secondary N) is 1. The van der Waals surface area contributed by atoms with E-state index in [1.165, 1.54) is 16.8 Å². The zero-order chi connectivity index (χ0) is 25.8. The van der Waals surface area contributed by atoms with E-state index in [2.05, 4.69) is 21.6 Å². The number of aromatic nitrogens is 2. The molecule has 7 nitrogen and oxygen atoms in total. The maximum atomic E-state index is 15.7. The third-order valence-corrected chi connectivity index (χ3v) is 6.21. The van der Waals surface area contributed by atoms with Crippen molar-refractivity contribution in [2.75, 3.05) is 40.4 Å². The van der Waals surface area contributed by atoms with E-state index in [0.717, 1.165) is 18.8 Å². The van der Waals surface area contributed by atoms with Gasteiger partial charge in [-0.3, -0.25) is 9.36 Å². The molecule has 1 aliphatic heterocycles. The highest BCUT2D eigenvalue weighted by Gasteiger charge is 2.19. The number of nitrogens with zero attached hydrogens (tertiary/aromatic N) is 4. The first-order valence-corrected chi connectivity index (χ1v) is 11.9. The Morgan fingerprint density at radius 3 is 2.67 bits per heavy atom. The number of aliphatic imine (C=N–C) groups is 1. The first-order chi connectivity index (χ1) is 17.3. The van der Waals surface area contributed by atoms with Gasteiger partial charge in [0, 0.05) is 84.8 Å². The van der Waals surface area contributed by atoms with E-state index in [4.69, 9.17) is 16.3 Å². The van der Waals surface area contributed by atoms with Crippen molar-refractivity contribution in [3.63, 3.8) is 0 Å². The minimum atomic E-state index is -0.547. The fraction of sp³-hybridized carbons (Fsp3) is 0.259. The van der Waals surface area contributed by atoms with Gasteiger partial charge in [-0.2, -0.15) is 0 Å². The number of benzene rings is 1. The molecule has 1 N–H and O–H groups in total. The minimum Gasteiger partial charge on any atom is -0.382 e. The second-order valence-corrected chi connectivity index (χ2v) is 9.18. The Hall–Kier alpha value is -3.62. The molecule has 9 heteroatoms. The van der Waals surface area contributed by atoms with Crippen LogP contribution in [0, 0.1) is 5.82 Å². The first-order valence-electron chi connectivity index (χ1n) is 11.5. The quantitative estimate of drug-likeness (QED) is 0.452. The minimum absolute atomic E-state index is 0.179. The number of halogens is 2. The number of hydrogen-bond donors (Lipinski definition) is 1. The number of ether oxygens (including phenoxy) is 1. The summed E-state index contributed by atoms with van der Waals surface area (Å²) in [6, 6.07) is 8.40. The van der Waals surface area contributed by atoms with E-state index >= 15 is 4.39 Å². The first kappa shape index (κ1) is 25.5. The Balaban J connectivity index is 1.81. The van der Waals surface area contributed by atoms with E-state index in [9.17, 15) is 4.79 Å². The number of rotatable bonds is 7. The van der Waals surface area contributed by atoms with Crippen molar-refractivity contribution in [1.29, 1.82) is 0 Å². The van der Waals surface area contributed by atoms with Gasteiger partial charge >= 0.3 is 0 Å². The van der Waals surface area contributed by atoms with Crippen LogP contribution < -0.4 is 5.56 Å². The average molecular weight is 510 g/mol. The van der Waals surface area contributed by atoms with Crippen molar-refractivity contribution >= 4 is 35.9 Å². The highest BCUT2D eigenvalue weighted by molar-refractivity contribution is 6.30. The molecule has 2 aromatic heterocycles. The van der Waals surface area contributed by atoms with Crippen molar-refractivity contribution < 1.29 is 9.13 Å². The third-order valence-electron chi connectivity index (χ3n) is 5.98. The second-order valence-electron chi connectivity index (χ2n) is 8.74. The molecular weight excluding hydrogens is 481 g/mol. The Morgan fingerprint density at radius 1 is 1.25 bits per heavy atom. The molecule has 1 aromatic carbocycles. The molecule has 3 aromatic rings. The van der Waals surface area contributed by atoms with Gasteiger partial charge < -0.3 is 19.5 Å². The van der Waals surface area contributed by atoms with Crippen LogP contribution in [0.5, 0.6) is 0 Å². The molecule has 0 bridgehead atoms. The van der Waals surface area contributed by atoms with Crippen LogP contribution in [0.15, 0.2) is 64.4 Å². The van der Waals surface area contributed by atoms with Gasteiger partial charge in [-0.25, -0.2) is 9.38 Å². The molecule has 0 atom stereocenters. The Bertz CT molecular complexity index is 1380. The van der Waals surface area contributed by atoms with Gasteiger partial charge in [0.05, 0.1) is 18.9 Å². The molecule has 36 heavy (non-hydrogen) atoms. The molecule has 0 amide bonds. The lowest BCUT2D eigenvalue weighted by Crippen LogP contribution is -2.34.